The molecule has 0 atom stereocenters. The summed E-state index contributed by atoms with van der Waals surface area (Å²) in [5, 5.41) is 23.3. The molecule has 0 aromatic carbocycles. The van der Waals surface area contributed by atoms with Gasteiger partial charge in [0.1, 0.15) is 0 Å². The molecule has 0 spiro atoms. The van der Waals surface area contributed by atoms with Gasteiger partial charge < -0.3 is 50.0 Å². The molecule has 0 aliphatic carbocycles. The van der Waals surface area contributed by atoms with Crippen LogP contribution in [0.2, 0.25) is 0 Å². The number of rotatable bonds is 8. The zero-order valence-corrected chi connectivity index (χ0v) is 13.8. The third-order valence-electron chi connectivity index (χ3n) is 1.17. The Kier molecular flexibility index (Phi) is 20.5. The number of aliphatic carboxylic acids is 2. The smallest absolute Gasteiger partial charge is 0.549 e. The van der Waals surface area contributed by atoms with E-state index in [2.05, 4.69) is 0 Å². The first-order chi connectivity index (χ1) is 8.83. The van der Waals surface area contributed by atoms with Crippen molar-refractivity contribution in [2.75, 3.05) is 25.7 Å². The third-order valence-corrected chi connectivity index (χ3v) is 2.45. The molecule has 0 rings (SSSR count). The molecule has 0 heterocycles. The quantitative estimate of drug-likeness (QED) is 0.177. The maximum absolute atomic E-state index is 10.0. The predicted molar refractivity (Wildman–Crippen MR) is 59.8 cm³/mol. The van der Waals surface area contributed by atoms with Crippen LogP contribution < -0.4 is 58.6 Å². The Morgan fingerprint density at radius 2 is 1.00 bits per heavy atom. The number of hydrogen-bond donors (Lipinski definition) is 6. The number of carbonyl (C=O) groups is 2. The fourth-order valence-corrected chi connectivity index (χ4v) is 1.41. The van der Waals surface area contributed by atoms with Crippen LogP contribution in [0, 0.1) is 0 Å². The topological polar surface area (TPSA) is 219 Å². The molecule has 0 amide bonds. The van der Waals surface area contributed by atoms with Gasteiger partial charge in [-0.05, 0) is 0 Å². The Morgan fingerprint density at radius 3 is 1.14 bits per heavy atom. The average Bonchev–Trinajstić information content (AvgIpc) is 2.12. The van der Waals surface area contributed by atoms with Gasteiger partial charge in [0.25, 0.3) is 0 Å². The molecule has 0 saturated heterocycles. The fraction of sp³-hybridized carbons (Fsp3) is 0.667. The molecule has 0 aromatic rings. The molecular weight excluding hydrogens is 336 g/mol. The number of nitrogens with one attached hydrogen (secondary N) is 2. The summed E-state index contributed by atoms with van der Waals surface area (Å²) in [4.78, 5) is 52.0. The molecule has 0 aliphatic rings. The molecule has 0 bridgehead atoms. The van der Waals surface area contributed by atoms with Crippen LogP contribution in [0.15, 0.2) is 0 Å². The van der Waals surface area contributed by atoms with Crippen molar-refractivity contribution in [3.63, 3.8) is 0 Å². The molecule has 0 aliphatic heterocycles. The Labute approximate surface area is 149 Å². The summed E-state index contributed by atoms with van der Waals surface area (Å²) < 4.78 is 20.1. The van der Waals surface area contributed by atoms with Crippen molar-refractivity contribution < 1.29 is 86.2 Å². The first kappa shape index (κ1) is 30.3. The summed E-state index contributed by atoms with van der Waals surface area (Å²) in [5.41, 5.74) is 0. The SMILES string of the molecule is O=C([O-])CNCP(=O)(O)O.O=C([O-])CNCP(=O)(O)O.[Li+].[Li+]. The van der Waals surface area contributed by atoms with E-state index in [9.17, 15) is 28.9 Å². The van der Waals surface area contributed by atoms with Gasteiger partial charge in [-0.1, -0.05) is 0 Å². The van der Waals surface area contributed by atoms with Crippen molar-refractivity contribution in [3.05, 3.63) is 0 Å². The van der Waals surface area contributed by atoms with Crippen molar-refractivity contribution in [1.82, 2.24) is 10.6 Å². The summed E-state index contributed by atoms with van der Waals surface area (Å²) >= 11 is 0. The molecule has 0 unspecified atom stereocenters. The first-order valence-corrected chi connectivity index (χ1v) is 8.33. The summed E-state index contributed by atoms with van der Waals surface area (Å²) in [6.45, 7) is -1.10. The standard InChI is InChI=1S/2C3H8NO5P.2Li/c2*5-3(6)1-4-2-10(7,8)9;;/h2*4H,1-2H2,(H,5,6)(H2,7,8,9);;/q;;2*+1/p-2. The molecule has 12 nitrogen and oxygen atoms in total. The molecule has 0 saturated carbocycles. The van der Waals surface area contributed by atoms with Gasteiger partial charge in [-0.3, -0.25) is 9.13 Å². The minimum Gasteiger partial charge on any atom is -0.549 e. The van der Waals surface area contributed by atoms with E-state index in [-0.39, 0.29) is 37.7 Å². The molecule has 16 heteroatoms. The number of carboxylic acid groups (broad SMARTS) is 2. The van der Waals surface area contributed by atoms with E-state index < -0.39 is 52.8 Å². The minimum absolute atomic E-state index is 0. The molecule has 0 aromatic heterocycles. The van der Waals surface area contributed by atoms with Gasteiger partial charge in [0.2, 0.25) is 0 Å². The number of carbonyl (C=O) groups excluding carboxylic acids is 2. The van der Waals surface area contributed by atoms with E-state index in [1.165, 1.54) is 0 Å². The minimum atomic E-state index is -4.12. The Morgan fingerprint density at radius 1 is 0.773 bits per heavy atom. The van der Waals surface area contributed by atoms with Crippen LogP contribution in [0.5, 0.6) is 0 Å². The maximum atomic E-state index is 10.0. The summed E-state index contributed by atoms with van der Waals surface area (Å²) in [7, 11) is -8.25. The Bertz CT molecular complexity index is 372. The van der Waals surface area contributed by atoms with Gasteiger partial charge >= 0.3 is 52.9 Å². The summed E-state index contributed by atoms with van der Waals surface area (Å²) in [6.07, 6.45) is -1.28. The van der Waals surface area contributed by atoms with Crippen molar-refractivity contribution in [1.29, 1.82) is 0 Å². The third kappa shape index (κ3) is 37.0. The van der Waals surface area contributed by atoms with Crippen molar-refractivity contribution >= 4 is 27.1 Å². The summed E-state index contributed by atoms with van der Waals surface area (Å²) in [5.74, 6) is -2.79. The molecule has 6 N–H and O–H groups in total. The van der Waals surface area contributed by atoms with Crippen molar-refractivity contribution in [2.45, 2.75) is 0 Å². The van der Waals surface area contributed by atoms with Crippen LogP contribution >= 0.6 is 15.2 Å². The molecule has 120 valence electrons. The number of hydrogen-bond acceptors (Lipinski definition) is 8. The van der Waals surface area contributed by atoms with Crippen LogP contribution in [-0.4, -0.2) is 57.2 Å². The second-order valence-corrected chi connectivity index (χ2v) is 6.53. The Balaban J connectivity index is -0.000000135. The van der Waals surface area contributed by atoms with E-state index in [4.69, 9.17) is 19.6 Å². The average molecular weight is 350 g/mol. The zero-order valence-electron chi connectivity index (χ0n) is 12.0. The molecule has 0 radical (unpaired) electrons. The van der Waals surface area contributed by atoms with E-state index in [1.54, 1.807) is 0 Å². The van der Waals surface area contributed by atoms with E-state index >= 15 is 0 Å². The normalized spacial score (nSPS) is 10.4. The van der Waals surface area contributed by atoms with Gasteiger partial charge in [-0.15, -0.1) is 0 Å². The summed E-state index contributed by atoms with van der Waals surface area (Å²) in [6, 6.07) is 0. The van der Waals surface area contributed by atoms with E-state index in [0.29, 0.717) is 0 Å². The zero-order chi connectivity index (χ0) is 16.4. The number of carboxylic acids is 2. The van der Waals surface area contributed by atoms with Crippen molar-refractivity contribution in [2.24, 2.45) is 0 Å². The fourth-order valence-electron chi connectivity index (χ4n) is 0.607. The second kappa shape index (κ2) is 14.9. The molecule has 22 heavy (non-hydrogen) atoms. The maximum Gasteiger partial charge on any atom is 1.00 e. The monoisotopic (exact) mass is 350 g/mol. The van der Waals surface area contributed by atoms with Crippen LogP contribution in [-0.2, 0) is 18.7 Å². The van der Waals surface area contributed by atoms with Crippen LogP contribution in [0.3, 0.4) is 0 Å². The predicted octanol–water partition coefficient (Wildman–Crippen LogP) is -11.1. The van der Waals surface area contributed by atoms with Gasteiger partial charge in [0.15, 0.2) is 0 Å². The van der Waals surface area contributed by atoms with Gasteiger partial charge in [0.05, 0.1) is 24.5 Å². The van der Waals surface area contributed by atoms with Crippen LogP contribution in [0.4, 0.5) is 0 Å². The van der Waals surface area contributed by atoms with Crippen molar-refractivity contribution in [3.8, 4) is 0 Å². The van der Waals surface area contributed by atoms with Gasteiger partial charge in [-0.2, -0.15) is 0 Å². The largest absolute Gasteiger partial charge is 1.00 e. The second-order valence-electron chi connectivity index (χ2n) is 3.24. The molecule has 0 fully saturated rings. The Hall–Kier alpha value is 0.355. The van der Waals surface area contributed by atoms with Gasteiger partial charge in [-0.25, -0.2) is 0 Å². The molecular formula is C6H14Li2N2O10P2. The van der Waals surface area contributed by atoms with E-state index in [0.717, 1.165) is 0 Å². The first-order valence-electron chi connectivity index (χ1n) is 4.74. The van der Waals surface area contributed by atoms with Gasteiger partial charge in [0, 0.05) is 13.1 Å². The van der Waals surface area contributed by atoms with E-state index in [1.807, 2.05) is 10.6 Å². The van der Waals surface area contributed by atoms with Crippen LogP contribution in [0.1, 0.15) is 0 Å². The van der Waals surface area contributed by atoms with Crippen LogP contribution in [0.25, 0.3) is 0 Å².